The van der Waals surface area contributed by atoms with Crippen molar-refractivity contribution in [3.05, 3.63) is 47.6 Å². The summed E-state index contributed by atoms with van der Waals surface area (Å²) >= 11 is 7.22. The van der Waals surface area contributed by atoms with E-state index in [1.807, 2.05) is 30.2 Å². The molecule has 10 nitrogen and oxygen atoms in total. The van der Waals surface area contributed by atoms with Gasteiger partial charge in [0.1, 0.15) is 17.4 Å². The van der Waals surface area contributed by atoms with Crippen molar-refractivity contribution in [2.75, 3.05) is 57.3 Å². The van der Waals surface area contributed by atoms with Crippen LogP contribution in [0.1, 0.15) is 45.1 Å². The zero-order chi connectivity index (χ0) is 32.0. The molecule has 0 bridgehead atoms. The third-order valence-electron chi connectivity index (χ3n) is 10.1. The number of aromatic nitrogens is 4. The normalized spacial score (nSPS) is 18.7. The minimum absolute atomic E-state index is 0.0108. The number of H-pyrrole nitrogens is 1. The third-order valence-corrected chi connectivity index (χ3v) is 10.4. The van der Waals surface area contributed by atoms with E-state index in [0.29, 0.717) is 28.9 Å². The molecule has 1 amide bonds. The molecular formula is C35H42ClN7O3. The van der Waals surface area contributed by atoms with Crippen molar-refractivity contribution in [1.29, 1.82) is 0 Å². The maximum atomic E-state index is 12.1. The number of anilines is 1. The molecule has 5 heterocycles. The van der Waals surface area contributed by atoms with Gasteiger partial charge in [0.25, 0.3) is 0 Å². The first-order valence-corrected chi connectivity index (χ1v) is 16.9. The lowest BCUT2D eigenvalue weighted by atomic mass is 9.72. The average molecular weight is 644 g/mol. The van der Waals surface area contributed by atoms with Gasteiger partial charge in [-0.05, 0) is 69.8 Å². The maximum Gasteiger partial charge on any atom is 0.319 e. The van der Waals surface area contributed by atoms with E-state index >= 15 is 0 Å². The number of benzene rings is 2. The Labute approximate surface area is 274 Å². The van der Waals surface area contributed by atoms with Gasteiger partial charge in [-0.3, -0.25) is 9.89 Å². The molecule has 46 heavy (non-hydrogen) atoms. The topological polar surface area (TPSA) is 99.7 Å². The highest BCUT2D eigenvalue weighted by Gasteiger charge is 2.46. The van der Waals surface area contributed by atoms with Gasteiger partial charge in [-0.1, -0.05) is 31.2 Å². The molecule has 3 aliphatic rings. The Morgan fingerprint density at radius 2 is 1.87 bits per heavy atom. The van der Waals surface area contributed by atoms with Crippen LogP contribution in [0.25, 0.3) is 32.9 Å². The Morgan fingerprint density at radius 3 is 2.57 bits per heavy atom. The van der Waals surface area contributed by atoms with E-state index in [0.717, 1.165) is 110 Å². The number of piperidine rings is 2. The fourth-order valence-corrected chi connectivity index (χ4v) is 7.78. The van der Waals surface area contributed by atoms with Gasteiger partial charge < -0.3 is 24.2 Å². The molecular weight excluding hydrogens is 602 g/mol. The smallest absolute Gasteiger partial charge is 0.319 e. The summed E-state index contributed by atoms with van der Waals surface area (Å²) in [6.07, 6.45) is 7.10. The van der Waals surface area contributed by atoms with Crippen LogP contribution >= 0.6 is 11.6 Å². The molecule has 11 heteroatoms. The molecule has 3 fully saturated rings. The molecule has 1 spiro atoms. The van der Waals surface area contributed by atoms with E-state index < -0.39 is 0 Å². The number of nitrogens with zero attached hydrogens (tertiary/aromatic N) is 6. The van der Waals surface area contributed by atoms with Crippen molar-refractivity contribution in [2.24, 2.45) is 5.41 Å². The van der Waals surface area contributed by atoms with E-state index in [2.05, 4.69) is 46.5 Å². The number of aromatic amines is 1. The molecule has 1 N–H and O–H groups in total. The molecule has 2 aromatic carbocycles. The summed E-state index contributed by atoms with van der Waals surface area (Å²) in [7, 11) is 0. The fraction of sp³-hybridized carbons (Fsp3) is 0.486. The summed E-state index contributed by atoms with van der Waals surface area (Å²) in [5.41, 5.74) is 4.60. The van der Waals surface area contributed by atoms with Crippen LogP contribution in [0.5, 0.6) is 11.8 Å². The molecule has 3 saturated heterocycles. The second-order valence-corrected chi connectivity index (χ2v) is 13.4. The first-order valence-electron chi connectivity index (χ1n) is 16.5. The van der Waals surface area contributed by atoms with E-state index in [9.17, 15) is 4.79 Å². The number of carbonyl (C=O) groups excluding carboxylic acids is 1. The average Bonchev–Trinajstić information content (AvgIpc) is 3.53. The molecule has 242 valence electrons. The molecule has 0 saturated carbocycles. The molecule has 0 unspecified atom stereocenters. The van der Waals surface area contributed by atoms with Gasteiger partial charge in [-0.15, -0.1) is 0 Å². The Balaban J connectivity index is 1.32. The number of carbonyl (C=O) groups is 1. The highest BCUT2D eigenvalue weighted by Crippen LogP contribution is 2.48. The Kier molecular flexibility index (Phi) is 8.27. The number of aryl methyl sites for hydroxylation is 1. The molecule has 0 aliphatic carbocycles. The number of fused-ring (bicyclic) bond motifs is 2. The number of likely N-dealkylation sites (tertiary alicyclic amines) is 2. The van der Waals surface area contributed by atoms with Crippen molar-refractivity contribution in [1.82, 2.24) is 30.0 Å². The lowest BCUT2D eigenvalue weighted by Crippen LogP contribution is -2.61. The highest BCUT2D eigenvalue weighted by atomic mass is 35.5. The number of hydrogen-bond acceptors (Lipinski definition) is 8. The second-order valence-electron chi connectivity index (χ2n) is 12.9. The van der Waals surface area contributed by atoms with Crippen molar-refractivity contribution in [3.63, 3.8) is 0 Å². The minimum Gasteiger partial charge on any atom is -0.491 e. The SMILES string of the molecule is C=CC(=O)N1CC2(CCN(c3nc(OC4CCN(CC)CC4)nc4c(OCC)c(-c5c(C)ccc6[nH]ncc56)c(Cl)cc34)CC2)C1. The van der Waals surface area contributed by atoms with Crippen LogP contribution in [0.3, 0.4) is 0 Å². The monoisotopic (exact) mass is 643 g/mol. The van der Waals surface area contributed by atoms with Crippen LogP contribution in [0.2, 0.25) is 5.02 Å². The predicted molar refractivity (Wildman–Crippen MR) is 182 cm³/mol. The summed E-state index contributed by atoms with van der Waals surface area (Å²) in [5, 5.41) is 9.79. The van der Waals surface area contributed by atoms with Crippen LogP contribution < -0.4 is 14.4 Å². The molecule has 0 atom stereocenters. The highest BCUT2D eigenvalue weighted by molar-refractivity contribution is 6.35. The van der Waals surface area contributed by atoms with Crippen molar-refractivity contribution in [3.8, 4) is 22.9 Å². The van der Waals surface area contributed by atoms with E-state index in [-0.39, 0.29) is 17.4 Å². The third kappa shape index (κ3) is 5.45. The molecule has 2 aromatic heterocycles. The van der Waals surface area contributed by atoms with Gasteiger partial charge in [-0.25, -0.2) is 0 Å². The summed E-state index contributed by atoms with van der Waals surface area (Å²) < 4.78 is 13.0. The van der Waals surface area contributed by atoms with E-state index in [1.54, 1.807) is 0 Å². The number of ether oxygens (including phenoxy) is 2. The predicted octanol–water partition coefficient (Wildman–Crippen LogP) is 6.01. The number of nitrogens with one attached hydrogen (secondary N) is 1. The zero-order valence-electron chi connectivity index (χ0n) is 26.9. The summed E-state index contributed by atoms with van der Waals surface area (Å²) in [6, 6.07) is 6.47. The van der Waals surface area contributed by atoms with Crippen LogP contribution in [-0.2, 0) is 4.79 Å². The van der Waals surface area contributed by atoms with Crippen molar-refractivity contribution < 1.29 is 14.3 Å². The van der Waals surface area contributed by atoms with Gasteiger partial charge in [0.05, 0.1) is 23.3 Å². The Hall–Kier alpha value is -3.89. The van der Waals surface area contributed by atoms with Crippen molar-refractivity contribution >= 4 is 45.1 Å². The van der Waals surface area contributed by atoms with Crippen molar-refractivity contribution in [2.45, 2.75) is 52.6 Å². The standard InChI is InChI=1S/C35H42ClN7O3/c1-5-28(44)43-20-35(21-43)12-16-42(17-13-35)33-24-18-26(36)30(29-22(4)8-9-27-25(29)19-37-40-27)32(45-7-3)31(24)38-34(39-33)46-23-10-14-41(6-2)15-11-23/h5,8-9,18-19,23H,1,6-7,10-17,20-21H2,2-4H3,(H,37,40). The van der Waals surface area contributed by atoms with Gasteiger partial charge in [0.15, 0.2) is 5.75 Å². The Morgan fingerprint density at radius 1 is 1.11 bits per heavy atom. The minimum atomic E-state index is 0.0108. The quantitative estimate of drug-likeness (QED) is 0.233. The first-order chi connectivity index (χ1) is 22.3. The van der Waals surface area contributed by atoms with Gasteiger partial charge in [0, 0.05) is 66.6 Å². The van der Waals surface area contributed by atoms with Gasteiger partial charge in [0.2, 0.25) is 5.91 Å². The molecule has 7 rings (SSSR count). The number of amides is 1. The summed E-state index contributed by atoms with van der Waals surface area (Å²) in [6.45, 7) is 16.6. The number of halogens is 1. The van der Waals surface area contributed by atoms with Crippen LogP contribution in [0, 0.1) is 12.3 Å². The molecule has 0 radical (unpaired) electrons. The maximum absolute atomic E-state index is 12.1. The number of hydrogen-bond donors (Lipinski definition) is 1. The Bertz CT molecular complexity index is 1780. The number of rotatable bonds is 8. The lowest BCUT2D eigenvalue weighted by Gasteiger charge is -2.54. The molecule has 3 aliphatic heterocycles. The molecule has 4 aromatic rings. The van der Waals surface area contributed by atoms with Crippen LogP contribution in [0.4, 0.5) is 5.82 Å². The van der Waals surface area contributed by atoms with Crippen LogP contribution in [-0.4, -0.2) is 94.4 Å². The van der Waals surface area contributed by atoms with E-state index in [1.165, 1.54) is 6.08 Å². The fourth-order valence-electron chi connectivity index (χ4n) is 7.49. The van der Waals surface area contributed by atoms with Gasteiger partial charge >= 0.3 is 6.01 Å². The zero-order valence-corrected chi connectivity index (χ0v) is 27.7. The summed E-state index contributed by atoms with van der Waals surface area (Å²) in [5.74, 6) is 1.45. The summed E-state index contributed by atoms with van der Waals surface area (Å²) in [4.78, 5) is 29.0. The van der Waals surface area contributed by atoms with Crippen LogP contribution in [0.15, 0.2) is 37.1 Å². The second kappa shape index (κ2) is 12.4. The van der Waals surface area contributed by atoms with Gasteiger partial charge in [-0.2, -0.15) is 15.1 Å². The van der Waals surface area contributed by atoms with E-state index in [4.69, 9.17) is 31.0 Å². The lowest BCUT2D eigenvalue weighted by molar-refractivity contribution is -0.139. The largest absolute Gasteiger partial charge is 0.491 e. The first kappa shape index (κ1) is 30.7.